The fourth-order valence-electron chi connectivity index (χ4n) is 4.80. The van der Waals surface area contributed by atoms with Crippen LogP contribution < -0.4 is 5.32 Å². The molecule has 1 amide bonds. The summed E-state index contributed by atoms with van der Waals surface area (Å²) >= 11 is 0. The van der Waals surface area contributed by atoms with Crippen molar-refractivity contribution < 1.29 is 26.8 Å². The third-order valence-electron chi connectivity index (χ3n) is 6.69. The van der Waals surface area contributed by atoms with Gasteiger partial charge in [0, 0.05) is 12.5 Å². The molecule has 0 saturated heterocycles. The highest BCUT2D eigenvalue weighted by Gasteiger charge is 2.38. The number of benzene rings is 1. The fourth-order valence-corrected chi connectivity index (χ4v) is 7.10. The van der Waals surface area contributed by atoms with Gasteiger partial charge in [-0.2, -0.15) is 0 Å². The molecule has 1 aliphatic carbocycles. The van der Waals surface area contributed by atoms with Gasteiger partial charge < -0.3 is 14.4 Å². The van der Waals surface area contributed by atoms with E-state index in [-0.39, 0.29) is 30.2 Å². The van der Waals surface area contributed by atoms with Crippen LogP contribution in [0.25, 0.3) is 0 Å². The molecule has 2 aromatic rings. The minimum Gasteiger partial charge on any atom is -0.310 e. The van der Waals surface area contributed by atoms with Crippen LogP contribution in [0.2, 0.25) is 0 Å². The van der Waals surface area contributed by atoms with E-state index in [1.54, 1.807) is 56.4 Å². The Morgan fingerprint density at radius 2 is 1.69 bits per heavy atom. The molecule has 36 heavy (non-hydrogen) atoms. The number of rotatable bonds is 12. The van der Waals surface area contributed by atoms with Crippen molar-refractivity contribution in [1.82, 2.24) is 4.98 Å². The van der Waals surface area contributed by atoms with Crippen LogP contribution in [0.1, 0.15) is 64.0 Å². The zero-order valence-electron chi connectivity index (χ0n) is 21.5. The number of anilines is 1. The molecule has 1 aliphatic rings. The average Bonchev–Trinajstić information content (AvgIpc) is 3.33. The van der Waals surface area contributed by atoms with Gasteiger partial charge in [0.05, 0.1) is 29.7 Å². The van der Waals surface area contributed by atoms with Gasteiger partial charge in [0.15, 0.2) is 9.84 Å². The maximum absolute atomic E-state index is 13.6. The highest BCUT2D eigenvalue weighted by Crippen LogP contribution is 2.51. The number of hydrogen-bond donors (Lipinski definition) is 1. The van der Waals surface area contributed by atoms with Gasteiger partial charge in [0.1, 0.15) is 5.82 Å². The number of amides is 1. The van der Waals surface area contributed by atoms with E-state index >= 15 is 0 Å². The van der Waals surface area contributed by atoms with Crippen molar-refractivity contribution >= 4 is 29.2 Å². The first kappa shape index (κ1) is 28.5. The molecule has 1 heterocycles. The molecule has 1 saturated carbocycles. The SMILES string of the molecule is CCOP(=O)(Cc1ccc(NC(=O)C(C)(CC2CCCC2)c2ccc(S(C)(=O)=O)cc2)nc1)OCC. The van der Waals surface area contributed by atoms with E-state index in [1.807, 2.05) is 6.92 Å². The molecule has 198 valence electrons. The molecule has 0 spiro atoms. The molecule has 8 nitrogen and oxygen atoms in total. The minimum atomic E-state index is -3.33. The Kier molecular flexibility index (Phi) is 9.50. The van der Waals surface area contributed by atoms with Gasteiger partial charge in [-0.15, -0.1) is 0 Å². The van der Waals surface area contributed by atoms with Crippen molar-refractivity contribution in [2.75, 3.05) is 24.8 Å². The largest absolute Gasteiger partial charge is 0.335 e. The maximum atomic E-state index is 13.6. The van der Waals surface area contributed by atoms with Gasteiger partial charge in [-0.1, -0.05) is 43.9 Å². The second kappa shape index (κ2) is 12.0. The van der Waals surface area contributed by atoms with Gasteiger partial charge in [-0.3, -0.25) is 9.36 Å². The quantitative estimate of drug-likeness (QED) is 0.345. The maximum Gasteiger partial charge on any atom is 0.335 e. The van der Waals surface area contributed by atoms with Crippen molar-refractivity contribution in [2.24, 2.45) is 5.92 Å². The normalized spacial score (nSPS) is 16.6. The van der Waals surface area contributed by atoms with Crippen molar-refractivity contribution in [3.05, 3.63) is 53.7 Å². The summed E-state index contributed by atoms with van der Waals surface area (Å²) < 4.78 is 47.3. The zero-order chi connectivity index (χ0) is 26.4. The molecule has 1 aromatic heterocycles. The molecule has 0 bridgehead atoms. The number of nitrogens with one attached hydrogen (secondary N) is 1. The van der Waals surface area contributed by atoms with Crippen molar-refractivity contribution in [3.8, 4) is 0 Å². The van der Waals surface area contributed by atoms with Crippen LogP contribution in [-0.2, 0) is 39.8 Å². The standard InChI is InChI=1S/C26H37N2O6PS/c1-5-33-35(30,34-6-2)19-21-11-16-24(27-18-21)28-25(29)26(3,17-20-9-7-8-10-20)22-12-14-23(15-13-22)36(4,31)32/h11-16,18,20H,5-10,17,19H2,1-4H3,(H,27,28,29). The summed E-state index contributed by atoms with van der Waals surface area (Å²) in [5, 5.41) is 2.94. The van der Waals surface area contributed by atoms with Crippen LogP contribution in [-0.4, -0.2) is 38.8 Å². The predicted molar refractivity (Wildman–Crippen MR) is 141 cm³/mol. The lowest BCUT2D eigenvalue weighted by atomic mass is 9.74. The summed E-state index contributed by atoms with van der Waals surface area (Å²) in [5.41, 5.74) is 0.596. The molecule has 3 rings (SSSR count). The smallest absolute Gasteiger partial charge is 0.310 e. The molecule has 0 aliphatic heterocycles. The van der Waals surface area contributed by atoms with Crippen LogP contribution in [0.4, 0.5) is 5.82 Å². The van der Waals surface area contributed by atoms with Crippen LogP contribution in [0.5, 0.6) is 0 Å². The Hall–Kier alpha value is -2.06. The van der Waals surface area contributed by atoms with Gasteiger partial charge in [0.25, 0.3) is 0 Å². The summed E-state index contributed by atoms with van der Waals surface area (Å²) in [5.74, 6) is 0.616. The summed E-state index contributed by atoms with van der Waals surface area (Å²) in [7, 11) is -6.58. The topological polar surface area (TPSA) is 112 Å². The molecular formula is C26H37N2O6PS. The van der Waals surface area contributed by atoms with Gasteiger partial charge in [-0.25, -0.2) is 13.4 Å². The number of hydrogen-bond acceptors (Lipinski definition) is 7. The van der Waals surface area contributed by atoms with Gasteiger partial charge >= 0.3 is 7.60 Å². The second-order valence-electron chi connectivity index (χ2n) is 9.59. The minimum absolute atomic E-state index is 0.0992. The van der Waals surface area contributed by atoms with Crippen molar-refractivity contribution in [1.29, 1.82) is 0 Å². The summed E-state index contributed by atoms with van der Waals surface area (Å²) in [6, 6.07) is 10.0. The zero-order valence-corrected chi connectivity index (χ0v) is 23.2. The van der Waals surface area contributed by atoms with Crippen LogP contribution in [0.15, 0.2) is 47.5 Å². The predicted octanol–water partition coefficient (Wildman–Crippen LogP) is 5.73. The number of pyridine rings is 1. The Labute approximate surface area is 214 Å². The number of nitrogens with zero attached hydrogens (tertiary/aromatic N) is 1. The van der Waals surface area contributed by atoms with E-state index in [0.717, 1.165) is 31.2 Å². The summed E-state index contributed by atoms with van der Waals surface area (Å²) in [6.07, 6.45) is 7.98. The van der Waals surface area contributed by atoms with E-state index in [1.165, 1.54) is 6.26 Å². The van der Waals surface area contributed by atoms with E-state index in [2.05, 4.69) is 10.3 Å². The molecule has 0 radical (unpaired) electrons. The van der Waals surface area contributed by atoms with E-state index in [0.29, 0.717) is 23.7 Å². The Morgan fingerprint density at radius 3 is 2.19 bits per heavy atom. The lowest BCUT2D eigenvalue weighted by Crippen LogP contribution is -2.39. The van der Waals surface area contributed by atoms with Crippen molar-refractivity contribution in [3.63, 3.8) is 0 Å². The monoisotopic (exact) mass is 536 g/mol. The Morgan fingerprint density at radius 1 is 1.08 bits per heavy atom. The lowest BCUT2D eigenvalue weighted by Gasteiger charge is -2.31. The average molecular weight is 537 g/mol. The molecule has 1 fully saturated rings. The highest BCUT2D eigenvalue weighted by atomic mass is 32.2. The molecule has 1 unspecified atom stereocenters. The Bertz CT molecular complexity index is 1170. The lowest BCUT2D eigenvalue weighted by molar-refractivity contribution is -0.121. The van der Waals surface area contributed by atoms with Crippen LogP contribution >= 0.6 is 7.60 Å². The van der Waals surface area contributed by atoms with Gasteiger partial charge in [-0.05, 0) is 62.4 Å². The molecular weight excluding hydrogens is 499 g/mol. The van der Waals surface area contributed by atoms with Crippen molar-refractivity contribution in [2.45, 2.75) is 69.3 Å². The number of aromatic nitrogens is 1. The third-order valence-corrected chi connectivity index (χ3v) is 9.87. The Balaban J connectivity index is 1.81. The summed E-state index contributed by atoms with van der Waals surface area (Å²) in [4.78, 5) is 18.2. The molecule has 1 atom stereocenters. The van der Waals surface area contributed by atoms with Gasteiger partial charge in [0.2, 0.25) is 5.91 Å². The number of carbonyl (C=O) groups excluding carboxylic acids is 1. The van der Waals surface area contributed by atoms with E-state index in [9.17, 15) is 17.8 Å². The number of sulfone groups is 1. The number of carbonyl (C=O) groups is 1. The highest BCUT2D eigenvalue weighted by molar-refractivity contribution is 7.90. The van der Waals surface area contributed by atoms with E-state index in [4.69, 9.17) is 9.05 Å². The molecule has 1 aromatic carbocycles. The van der Waals surface area contributed by atoms with E-state index < -0.39 is 22.8 Å². The third kappa shape index (κ3) is 7.25. The molecule has 10 heteroatoms. The van der Waals surface area contributed by atoms with Crippen LogP contribution in [0, 0.1) is 5.92 Å². The van der Waals surface area contributed by atoms with Crippen LogP contribution in [0.3, 0.4) is 0 Å². The first-order chi connectivity index (χ1) is 17.0. The molecule has 1 N–H and O–H groups in total. The summed E-state index contributed by atoms with van der Waals surface area (Å²) in [6.45, 7) is 6.00. The fraction of sp³-hybridized carbons (Fsp3) is 0.538. The first-order valence-electron chi connectivity index (χ1n) is 12.4. The second-order valence-corrected chi connectivity index (χ2v) is 13.7. The first-order valence-corrected chi connectivity index (χ1v) is 16.1.